The fraction of sp³-hybridized carbons (Fsp3) is 0.417. The molecule has 1 aromatic carbocycles. The van der Waals surface area contributed by atoms with Gasteiger partial charge < -0.3 is 9.63 Å². The minimum absolute atomic E-state index is 0.215. The fourth-order valence-electron chi connectivity index (χ4n) is 2.16. The summed E-state index contributed by atoms with van der Waals surface area (Å²) in [7, 11) is -3.37. The summed E-state index contributed by atoms with van der Waals surface area (Å²) in [5.74, 6) is -0.989. The van der Waals surface area contributed by atoms with Crippen LogP contribution < -0.4 is 5.30 Å². The van der Waals surface area contributed by atoms with Crippen LogP contribution in [0.2, 0.25) is 0 Å². The molecule has 5 nitrogen and oxygen atoms in total. The maximum Gasteiger partial charge on any atom is 0.362 e. The molecule has 2 rings (SSSR count). The lowest BCUT2D eigenvalue weighted by Gasteiger charge is -2.13. The van der Waals surface area contributed by atoms with Crippen LogP contribution in [0.1, 0.15) is 30.6 Å². The van der Waals surface area contributed by atoms with Crippen LogP contribution in [-0.2, 0) is 18.4 Å². The molecule has 0 saturated heterocycles. The van der Waals surface area contributed by atoms with Crippen LogP contribution >= 0.6 is 7.60 Å². The molecule has 0 radical (unpaired) electrons. The van der Waals surface area contributed by atoms with Crippen molar-refractivity contribution >= 4 is 18.9 Å². The highest BCUT2D eigenvalue weighted by Gasteiger charge is 2.44. The van der Waals surface area contributed by atoms with Gasteiger partial charge in [-0.05, 0) is 25.0 Å². The number of carboxylic acids is 1. The van der Waals surface area contributed by atoms with Crippen molar-refractivity contribution in [3.05, 3.63) is 29.3 Å². The van der Waals surface area contributed by atoms with E-state index in [-0.39, 0.29) is 13.0 Å². The number of carboxylic acid groups (broad SMARTS) is 1. The van der Waals surface area contributed by atoms with Gasteiger partial charge >= 0.3 is 13.6 Å². The Balaban J connectivity index is 2.49. The Morgan fingerprint density at radius 3 is 2.89 bits per heavy atom. The summed E-state index contributed by atoms with van der Waals surface area (Å²) in [4.78, 5) is 10.8. The monoisotopic (exact) mass is 270 g/mol. The fourth-order valence-corrected chi connectivity index (χ4v) is 4.36. The SMILES string of the molecule is CCOP1(=O)OC(CC(=O)O)c2cccc(C)c21. The average Bonchev–Trinajstić information content (AvgIpc) is 2.53. The highest BCUT2D eigenvalue weighted by atomic mass is 31.2. The van der Waals surface area contributed by atoms with E-state index in [1.54, 1.807) is 19.1 Å². The summed E-state index contributed by atoms with van der Waals surface area (Å²) in [5.41, 5.74) is 1.46. The van der Waals surface area contributed by atoms with Gasteiger partial charge in [0.2, 0.25) is 0 Å². The van der Waals surface area contributed by atoms with Crippen LogP contribution in [0.15, 0.2) is 18.2 Å². The van der Waals surface area contributed by atoms with Gasteiger partial charge in [-0.3, -0.25) is 13.9 Å². The minimum Gasteiger partial charge on any atom is -0.481 e. The Labute approximate surface area is 105 Å². The standard InChI is InChI=1S/C12H15O5P/c1-3-16-18(15)12-8(2)5-4-6-9(12)10(17-18)7-11(13)14/h4-6,10H,3,7H2,1-2H3,(H,13,14). The van der Waals surface area contributed by atoms with Crippen LogP contribution in [-0.4, -0.2) is 17.7 Å². The van der Waals surface area contributed by atoms with Gasteiger partial charge in [0, 0.05) is 0 Å². The van der Waals surface area contributed by atoms with Gasteiger partial charge in [0.1, 0.15) is 6.10 Å². The minimum atomic E-state index is -3.37. The van der Waals surface area contributed by atoms with Crippen molar-refractivity contribution < 1.29 is 23.5 Å². The molecular weight excluding hydrogens is 255 g/mol. The summed E-state index contributed by atoms with van der Waals surface area (Å²) in [6.45, 7) is 3.80. The summed E-state index contributed by atoms with van der Waals surface area (Å²) in [5, 5.41) is 9.38. The van der Waals surface area contributed by atoms with Crippen LogP contribution in [0.5, 0.6) is 0 Å². The van der Waals surface area contributed by atoms with E-state index in [4.69, 9.17) is 14.2 Å². The molecule has 18 heavy (non-hydrogen) atoms. The lowest BCUT2D eigenvalue weighted by atomic mass is 10.0. The molecule has 2 atom stereocenters. The molecule has 1 heterocycles. The van der Waals surface area contributed by atoms with Gasteiger partial charge in [-0.2, -0.15) is 0 Å². The van der Waals surface area contributed by atoms with E-state index in [0.717, 1.165) is 5.56 Å². The molecule has 2 unspecified atom stereocenters. The van der Waals surface area contributed by atoms with Gasteiger partial charge in [0.05, 0.1) is 18.3 Å². The Bertz CT molecular complexity index is 525. The maximum absolute atomic E-state index is 12.6. The highest BCUT2D eigenvalue weighted by Crippen LogP contribution is 2.58. The number of benzene rings is 1. The van der Waals surface area contributed by atoms with Crippen molar-refractivity contribution in [2.75, 3.05) is 6.61 Å². The molecule has 0 fully saturated rings. The van der Waals surface area contributed by atoms with Gasteiger partial charge in [-0.15, -0.1) is 0 Å². The highest BCUT2D eigenvalue weighted by molar-refractivity contribution is 7.62. The second kappa shape index (κ2) is 4.84. The summed E-state index contributed by atoms with van der Waals surface area (Å²) < 4.78 is 23.3. The number of aryl methyl sites for hydroxylation is 1. The summed E-state index contributed by atoms with van der Waals surface area (Å²) in [6, 6.07) is 5.36. The third-order valence-electron chi connectivity index (χ3n) is 2.81. The molecule has 0 amide bonds. The molecule has 6 heteroatoms. The number of aliphatic carboxylic acids is 1. The first-order valence-corrected chi connectivity index (χ1v) is 7.27. The van der Waals surface area contributed by atoms with E-state index >= 15 is 0 Å². The zero-order chi connectivity index (χ0) is 13.3. The van der Waals surface area contributed by atoms with Crippen molar-refractivity contribution in [3.8, 4) is 0 Å². The van der Waals surface area contributed by atoms with Crippen molar-refractivity contribution in [2.24, 2.45) is 0 Å². The molecule has 1 aliphatic heterocycles. The number of rotatable bonds is 4. The van der Waals surface area contributed by atoms with Crippen molar-refractivity contribution in [1.29, 1.82) is 0 Å². The second-order valence-corrected chi connectivity index (χ2v) is 6.03. The third-order valence-corrected chi connectivity index (χ3v) is 5.10. The van der Waals surface area contributed by atoms with Crippen molar-refractivity contribution in [1.82, 2.24) is 0 Å². The van der Waals surface area contributed by atoms with Gasteiger partial charge in [0.25, 0.3) is 0 Å². The predicted octanol–water partition coefficient (Wildman–Crippen LogP) is 2.40. The Morgan fingerprint density at radius 2 is 2.28 bits per heavy atom. The van der Waals surface area contributed by atoms with Crippen molar-refractivity contribution in [3.63, 3.8) is 0 Å². The van der Waals surface area contributed by atoms with Gasteiger partial charge in [0.15, 0.2) is 0 Å². The topological polar surface area (TPSA) is 72.8 Å². The van der Waals surface area contributed by atoms with E-state index in [1.807, 2.05) is 13.0 Å². The molecule has 1 N–H and O–H groups in total. The van der Waals surface area contributed by atoms with Crippen LogP contribution in [0.4, 0.5) is 0 Å². The first kappa shape index (κ1) is 13.3. The zero-order valence-electron chi connectivity index (χ0n) is 10.3. The Kier molecular flexibility index (Phi) is 3.57. The first-order chi connectivity index (χ1) is 8.48. The number of carbonyl (C=O) groups is 1. The average molecular weight is 270 g/mol. The van der Waals surface area contributed by atoms with E-state index in [2.05, 4.69) is 0 Å². The number of hydrogen-bond donors (Lipinski definition) is 1. The predicted molar refractivity (Wildman–Crippen MR) is 66.1 cm³/mol. The van der Waals surface area contributed by atoms with Crippen molar-refractivity contribution in [2.45, 2.75) is 26.4 Å². The summed E-state index contributed by atoms with van der Waals surface area (Å²) in [6.07, 6.45) is -0.914. The van der Waals surface area contributed by atoms with E-state index in [1.165, 1.54) is 0 Å². The van der Waals surface area contributed by atoms with E-state index < -0.39 is 19.7 Å². The Morgan fingerprint density at radius 1 is 1.56 bits per heavy atom. The van der Waals surface area contributed by atoms with Crippen LogP contribution in [0.25, 0.3) is 0 Å². The number of fused-ring (bicyclic) bond motifs is 1. The zero-order valence-corrected chi connectivity index (χ0v) is 11.1. The molecule has 0 aliphatic carbocycles. The number of hydrogen-bond acceptors (Lipinski definition) is 4. The third kappa shape index (κ3) is 2.21. The molecule has 0 spiro atoms. The maximum atomic E-state index is 12.6. The first-order valence-electron chi connectivity index (χ1n) is 5.73. The molecule has 1 aliphatic rings. The lowest BCUT2D eigenvalue weighted by molar-refractivity contribution is -0.138. The summed E-state index contributed by atoms with van der Waals surface area (Å²) >= 11 is 0. The van der Waals surface area contributed by atoms with Crippen LogP contribution in [0.3, 0.4) is 0 Å². The van der Waals surface area contributed by atoms with Gasteiger partial charge in [-0.1, -0.05) is 18.2 Å². The Hall–Kier alpha value is -1.16. The van der Waals surface area contributed by atoms with E-state index in [9.17, 15) is 9.36 Å². The second-order valence-electron chi connectivity index (χ2n) is 4.12. The quantitative estimate of drug-likeness (QED) is 0.850. The lowest BCUT2D eigenvalue weighted by Crippen LogP contribution is -2.11. The smallest absolute Gasteiger partial charge is 0.362 e. The molecule has 0 bridgehead atoms. The normalized spacial score (nSPS) is 26.0. The largest absolute Gasteiger partial charge is 0.481 e. The molecular formula is C12H15O5P. The molecule has 0 saturated carbocycles. The molecule has 98 valence electrons. The van der Waals surface area contributed by atoms with Gasteiger partial charge in [-0.25, -0.2) is 0 Å². The van der Waals surface area contributed by atoms with Crippen LogP contribution in [0, 0.1) is 6.92 Å². The molecule has 1 aromatic rings. The van der Waals surface area contributed by atoms with E-state index in [0.29, 0.717) is 10.9 Å². The molecule has 0 aromatic heterocycles.